The van der Waals surface area contributed by atoms with Gasteiger partial charge in [-0.05, 0) is 31.0 Å². The van der Waals surface area contributed by atoms with Gasteiger partial charge in [0.2, 0.25) is 0 Å². The van der Waals surface area contributed by atoms with Gasteiger partial charge in [0.15, 0.2) is 0 Å². The fourth-order valence-corrected chi connectivity index (χ4v) is 2.10. The molecule has 0 aliphatic heterocycles. The van der Waals surface area contributed by atoms with Crippen molar-refractivity contribution in [1.82, 2.24) is 4.90 Å². The average Bonchev–Trinajstić information content (AvgIpc) is 2.46. The molecule has 0 aromatic heterocycles. The van der Waals surface area contributed by atoms with Gasteiger partial charge in [0.05, 0.1) is 12.1 Å². The zero-order chi connectivity index (χ0) is 15.1. The van der Waals surface area contributed by atoms with Crippen LogP contribution in [0.1, 0.15) is 42.6 Å². The number of carbonyl (C=O) groups excluding carboxylic acids is 1. The van der Waals surface area contributed by atoms with Gasteiger partial charge in [-0.15, -0.1) is 0 Å². The van der Waals surface area contributed by atoms with Crippen LogP contribution in [0.2, 0.25) is 0 Å². The summed E-state index contributed by atoms with van der Waals surface area (Å²) in [6, 6.07) is 4.53. The van der Waals surface area contributed by atoms with Crippen molar-refractivity contribution < 1.29 is 9.18 Å². The lowest BCUT2D eigenvalue weighted by atomic mass is 10.1. The standard InChI is InChI=1S/C16H21FN2O/c1-4-14(5-2)19(3)16(20)13-9-8-12(7-6-10-18)15(17)11-13/h8-9,11,14H,4-5,10,18H2,1-3H3. The first kappa shape index (κ1) is 16.2. The minimum absolute atomic E-state index is 0.169. The SMILES string of the molecule is CCC(CC)N(C)C(=O)c1ccc(C#CCN)c(F)c1. The summed E-state index contributed by atoms with van der Waals surface area (Å²) in [7, 11) is 1.75. The summed E-state index contributed by atoms with van der Waals surface area (Å²) in [5.41, 5.74) is 5.86. The third-order valence-corrected chi connectivity index (χ3v) is 3.35. The van der Waals surface area contributed by atoms with Crippen LogP contribution < -0.4 is 5.73 Å². The van der Waals surface area contributed by atoms with Crippen LogP contribution in [0.15, 0.2) is 18.2 Å². The van der Waals surface area contributed by atoms with Crippen LogP contribution in [0.4, 0.5) is 4.39 Å². The fourth-order valence-electron chi connectivity index (χ4n) is 2.10. The molecule has 0 radical (unpaired) electrons. The Morgan fingerprint density at radius 3 is 2.55 bits per heavy atom. The lowest BCUT2D eigenvalue weighted by Crippen LogP contribution is -2.36. The molecule has 0 saturated heterocycles. The largest absolute Gasteiger partial charge is 0.339 e. The van der Waals surface area contributed by atoms with Gasteiger partial charge in [0.25, 0.3) is 5.91 Å². The first-order valence-electron chi connectivity index (χ1n) is 6.80. The fraction of sp³-hybridized carbons (Fsp3) is 0.438. The van der Waals surface area contributed by atoms with Gasteiger partial charge in [-0.3, -0.25) is 4.79 Å². The third-order valence-electron chi connectivity index (χ3n) is 3.35. The smallest absolute Gasteiger partial charge is 0.253 e. The van der Waals surface area contributed by atoms with Crippen LogP contribution in [0.3, 0.4) is 0 Å². The highest BCUT2D eigenvalue weighted by Gasteiger charge is 2.19. The van der Waals surface area contributed by atoms with Gasteiger partial charge >= 0.3 is 0 Å². The van der Waals surface area contributed by atoms with Crippen molar-refractivity contribution in [2.45, 2.75) is 32.7 Å². The van der Waals surface area contributed by atoms with Gasteiger partial charge in [0, 0.05) is 18.7 Å². The van der Waals surface area contributed by atoms with E-state index in [2.05, 4.69) is 11.8 Å². The molecule has 1 amide bonds. The minimum atomic E-state index is -0.491. The molecule has 0 saturated carbocycles. The zero-order valence-corrected chi connectivity index (χ0v) is 12.2. The Labute approximate surface area is 120 Å². The first-order chi connectivity index (χ1) is 9.54. The van der Waals surface area contributed by atoms with E-state index in [1.54, 1.807) is 18.0 Å². The van der Waals surface area contributed by atoms with Crippen molar-refractivity contribution in [3.05, 3.63) is 35.1 Å². The second-order valence-electron chi connectivity index (χ2n) is 4.59. The summed E-state index contributed by atoms with van der Waals surface area (Å²) < 4.78 is 13.8. The van der Waals surface area contributed by atoms with E-state index in [1.807, 2.05) is 13.8 Å². The number of nitrogens with two attached hydrogens (primary N) is 1. The quantitative estimate of drug-likeness (QED) is 0.858. The summed E-state index contributed by atoms with van der Waals surface area (Å²) in [6.07, 6.45) is 1.75. The molecule has 0 aliphatic carbocycles. The summed E-state index contributed by atoms with van der Waals surface area (Å²) in [5.74, 6) is 4.57. The number of amides is 1. The highest BCUT2D eigenvalue weighted by atomic mass is 19.1. The Balaban J connectivity index is 2.98. The molecule has 2 N–H and O–H groups in total. The predicted octanol–water partition coefficient (Wildman–Crippen LogP) is 2.40. The van der Waals surface area contributed by atoms with Gasteiger partial charge in [0.1, 0.15) is 5.82 Å². The Kier molecular flexibility index (Phi) is 6.20. The number of halogens is 1. The number of carbonyl (C=O) groups is 1. The predicted molar refractivity (Wildman–Crippen MR) is 78.8 cm³/mol. The maximum absolute atomic E-state index is 13.8. The van der Waals surface area contributed by atoms with Crippen molar-refractivity contribution in [3.63, 3.8) is 0 Å². The van der Waals surface area contributed by atoms with Crippen LogP contribution in [-0.4, -0.2) is 30.4 Å². The summed E-state index contributed by atoms with van der Waals surface area (Å²) >= 11 is 0. The van der Waals surface area contributed by atoms with Gasteiger partial charge in [-0.1, -0.05) is 25.7 Å². The van der Waals surface area contributed by atoms with E-state index in [0.29, 0.717) is 5.56 Å². The second-order valence-corrected chi connectivity index (χ2v) is 4.59. The Morgan fingerprint density at radius 1 is 1.40 bits per heavy atom. The third kappa shape index (κ3) is 3.82. The molecular weight excluding hydrogens is 255 g/mol. The second kappa shape index (κ2) is 7.66. The molecular formula is C16H21FN2O. The van der Waals surface area contributed by atoms with Crippen molar-refractivity contribution in [1.29, 1.82) is 0 Å². The number of benzene rings is 1. The average molecular weight is 276 g/mol. The Morgan fingerprint density at radius 2 is 2.05 bits per heavy atom. The monoisotopic (exact) mass is 276 g/mol. The summed E-state index contributed by atoms with van der Waals surface area (Å²) in [6.45, 7) is 4.24. The van der Waals surface area contributed by atoms with Gasteiger partial charge in [-0.2, -0.15) is 0 Å². The molecule has 20 heavy (non-hydrogen) atoms. The molecule has 1 aromatic carbocycles. The van der Waals surface area contributed by atoms with Crippen LogP contribution >= 0.6 is 0 Å². The maximum Gasteiger partial charge on any atom is 0.253 e. The van der Waals surface area contributed by atoms with E-state index in [0.717, 1.165) is 12.8 Å². The maximum atomic E-state index is 13.8. The zero-order valence-electron chi connectivity index (χ0n) is 12.2. The molecule has 4 heteroatoms. The Hall–Kier alpha value is -1.86. The number of hydrogen-bond acceptors (Lipinski definition) is 2. The highest BCUT2D eigenvalue weighted by Crippen LogP contribution is 2.14. The minimum Gasteiger partial charge on any atom is -0.339 e. The topological polar surface area (TPSA) is 46.3 Å². The van der Waals surface area contributed by atoms with E-state index < -0.39 is 5.82 Å². The number of hydrogen-bond donors (Lipinski definition) is 1. The van der Waals surface area contributed by atoms with E-state index in [1.165, 1.54) is 12.1 Å². The van der Waals surface area contributed by atoms with Gasteiger partial charge < -0.3 is 10.6 Å². The lowest BCUT2D eigenvalue weighted by molar-refractivity contribution is 0.0723. The van der Waals surface area contributed by atoms with Crippen LogP contribution in [0.25, 0.3) is 0 Å². The molecule has 1 rings (SSSR count). The molecule has 0 bridgehead atoms. The van der Waals surface area contributed by atoms with Crippen LogP contribution in [0, 0.1) is 17.7 Å². The molecule has 1 aromatic rings. The molecule has 0 unspecified atom stereocenters. The van der Waals surface area contributed by atoms with E-state index >= 15 is 0 Å². The summed E-state index contributed by atoms with van der Waals surface area (Å²) in [5, 5.41) is 0. The van der Waals surface area contributed by atoms with Crippen molar-refractivity contribution in [2.24, 2.45) is 5.73 Å². The van der Waals surface area contributed by atoms with Crippen LogP contribution in [0.5, 0.6) is 0 Å². The van der Waals surface area contributed by atoms with Crippen molar-refractivity contribution in [3.8, 4) is 11.8 Å². The summed E-state index contributed by atoms with van der Waals surface area (Å²) in [4.78, 5) is 14.0. The molecule has 3 nitrogen and oxygen atoms in total. The van der Waals surface area contributed by atoms with Crippen molar-refractivity contribution in [2.75, 3.05) is 13.6 Å². The molecule has 0 fully saturated rings. The van der Waals surface area contributed by atoms with Crippen molar-refractivity contribution >= 4 is 5.91 Å². The molecule has 0 aliphatic rings. The number of nitrogens with zero attached hydrogens (tertiary/aromatic N) is 1. The number of rotatable bonds is 4. The highest BCUT2D eigenvalue weighted by molar-refractivity contribution is 5.94. The normalized spacial score (nSPS) is 10.1. The molecule has 0 atom stereocenters. The van der Waals surface area contributed by atoms with Gasteiger partial charge in [-0.25, -0.2) is 4.39 Å². The molecule has 108 valence electrons. The van der Waals surface area contributed by atoms with Crippen LogP contribution in [-0.2, 0) is 0 Å². The van der Waals surface area contributed by atoms with E-state index in [9.17, 15) is 9.18 Å². The molecule has 0 heterocycles. The van der Waals surface area contributed by atoms with E-state index in [4.69, 9.17) is 5.73 Å². The van der Waals surface area contributed by atoms with E-state index in [-0.39, 0.29) is 24.1 Å². The molecule has 0 spiro atoms. The first-order valence-corrected chi connectivity index (χ1v) is 6.80. The Bertz CT molecular complexity index is 527. The lowest BCUT2D eigenvalue weighted by Gasteiger charge is -2.26.